The molecule has 8 nitrogen and oxygen atoms in total. The summed E-state index contributed by atoms with van der Waals surface area (Å²) in [5.41, 5.74) is 3.31. The molecule has 1 aliphatic rings. The number of carbonyl (C=O) groups is 2. The van der Waals surface area contributed by atoms with Crippen LogP contribution in [0.25, 0.3) is 22.4 Å². The molecule has 148 valence electrons. The number of hydrogen-bond donors (Lipinski definition) is 1. The van der Waals surface area contributed by atoms with Crippen molar-refractivity contribution in [3.63, 3.8) is 0 Å². The molecule has 0 fully saturated rings. The summed E-state index contributed by atoms with van der Waals surface area (Å²) in [6, 6.07) is 15.1. The summed E-state index contributed by atoms with van der Waals surface area (Å²) in [5.74, 6) is -0.652. The topological polar surface area (TPSA) is 93.8 Å². The highest BCUT2D eigenvalue weighted by Crippen LogP contribution is 2.34. The van der Waals surface area contributed by atoms with Crippen LogP contribution in [0, 0.1) is 0 Å². The second kappa shape index (κ2) is 7.76. The number of ether oxygens (including phenoxy) is 3. The van der Waals surface area contributed by atoms with E-state index in [9.17, 15) is 9.59 Å². The predicted octanol–water partition coefficient (Wildman–Crippen LogP) is 2.62. The minimum Gasteiger partial charge on any atom is -0.466 e. The van der Waals surface area contributed by atoms with E-state index in [1.54, 1.807) is 4.90 Å². The molecule has 0 atom stereocenters. The minimum absolute atomic E-state index is 0.0413. The van der Waals surface area contributed by atoms with Crippen LogP contribution in [0.4, 0.5) is 5.69 Å². The lowest BCUT2D eigenvalue weighted by atomic mass is 10.1. The number of fused-ring (bicyclic) bond motifs is 1. The molecule has 1 N–H and O–H groups in total. The van der Waals surface area contributed by atoms with Crippen molar-refractivity contribution in [2.45, 2.75) is 0 Å². The van der Waals surface area contributed by atoms with Gasteiger partial charge in [-0.3, -0.25) is 0 Å². The second-order valence-corrected chi connectivity index (χ2v) is 6.34. The zero-order valence-electron chi connectivity index (χ0n) is 16.0. The molecule has 0 spiro atoms. The van der Waals surface area contributed by atoms with Crippen molar-refractivity contribution >= 4 is 28.7 Å². The number of aromatic amines is 1. The summed E-state index contributed by atoms with van der Waals surface area (Å²) >= 11 is 0. The third kappa shape index (κ3) is 3.34. The maximum Gasteiger partial charge on any atom is 0.355 e. The van der Waals surface area contributed by atoms with Crippen LogP contribution in [-0.2, 0) is 23.8 Å². The van der Waals surface area contributed by atoms with Crippen LogP contribution in [0.15, 0.2) is 59.8 Å². The van der Waals surface area contributed by atoms with E-state index in [0.29, 0.717) is 11.5 Å². The summed E-state index contributed by atoms with van der Waals surface area (Å²) < 4.78 is 15.3. The molecule has 2 heterocycles. The SMILES string of the molecule is COC(=O)C1=C(C(=O)OC)N(c2ccccc2-c2nc3ccccc3[nH]2)COC1. The fraction of sp³-hybridized carbons (Fsp3) is 0.190. The van der Waals surface area contributed by atoms with Gasteiger partial charge in [-0.15, -0.1) is 0 Å². The number of carbonyl (C=O) groups excluding carboxylic acids is 2. The second-order valence-electron chi connectivity index (χ2n) is 6.34. The highest BCUT2D eigenvalue weighted by Gasteiger charge is 2.33. The third-order valence-electron chi connectivity index (χ3n) is 4.67. The molecule has 2 aromatic carbocycles. The van der Waals surface area contributed by atoms with Crippen LogP contribution in [0.1, 0.15) is 0 Å². The number of para-hydroxylation sites is 3. The molecular formula is C21H19N3O5. The molecule has 8 heteroatoms. The third-order valence-corrected chi connectivity index (χ3v) is 4.67. The highest BCUT2D eigenvalue weighted by atomic mass is 16.5. The summed E-state index contributed by atoms with van der Waals surface area (Å²) in [6.07, 6.45) is 0. The van der Waals surface area contributed by atoms with Crippen molar-refractivity contribution in [1.82, 2.24) is 9.97 Å². The van der Waals surface area contributed by atoms with Crippen LogP contribution in [0.5, 0.6) is 0 Å². The Balaban J connectivity index is 1.87. The quantitative estimate of drug-likeness (QED) is 0.681. The van der Waals surface area contributed by atoms with E-state index in [1.165, 1.54) is 14.2 Å². The monoisotopic (exact) mass is 393 g/mol. The summed E-state index contributed by atoms with van der Waals surface area (Å²) in [4.78, 5) is 34.3. The highest BCUT2D eigenvalue weighted by molar-refractivity contribution is 6.04. The number of nitrogens with zero attached hydrogens (tertiary/aromatic N) is 2. The van der Waals surface area contributed by atoms with E-state index in [-0.39, 0.29) is 24.6 Å². The first kappa shape index (κ1) is 18.7. The van der Waals surface area contributed by atoms with Gasteiger partial charge in [0.1, 0.15) is 18.3 Å². The lowest BCUT2D eigenvalue weighted by molar-refractivity contribution is -0.140. The van der Waals surface area contributed by atoms with Crippen LogP contribution in [0.3, 0.4) is 0 Å². The summed E-state index contributed by atoms with van der Waals surface area (Å²) in [6.45, 7) is 0.0303. The first-order valence-electron chi connectivity index (χ1n) is 8.93. The zero-order valence-corrected chi connectivity index (χ0v) is 16.0. The molecule has 3 aromatic rings. The molecule has 0 amide bonds. The summed E-state index contributed by atoms with van der Waals surface area (Å²) in [7, 11) is 2.52. The number of aromatic nitrogens is 2. The number of benzene rings is 2. The van der Waals surface area contributed by atoms with Crippen molar-refractivity contribution in [2.75, 3.05) is 32.5 Å². The van der Waals surface area contributed by atoms with Gasteiger partial charge in [-0.25, -0.2) is 14.6 Å². The molecule has 0 unspecified atom stereocenters. The number of anilines is 1. The van der Waals surface area contributed by atoms with Gasteiger partial charge in [0.25, 0.3) is 0 Å². The molecule has 0 radical (unpaired) electrons. The molecule has 1 aromatic heterocycles. The number of imidazole rings is 1. The fourth-order valence-electron chi connectivity index (χ4n) is 3.32. The van der Waals surface area contributed by atoms with Crippen molar-refractivity contribution in [3.05, 3.63) is 59.8 Å². The first-order valence-corrected chi connectivity index (χ1v) is 8.93. The molecule has 4 rings (SSSR count). The Morgan fingerprint density at radius 3 is 2.52 bits per heavy atom. The van der Waals surface area contributed by atoms with Crippen LogP contribution in [0.2, 0.25) is 0 Å². The number of methoxy groups -OCH3 is 2. The normalized spacial score (nSPS) is 14.2. The van der Waals surface area contributed by atoms with Crippen molar-refractivity contribution < 1.29 is 23.8 Å². The van der Waals surface area contributed by atoms with Gasteiger partial charge in [-0.1, -0.05) is 24.3 Å². The van der Waals surface area contributed by atoms with Gasteiger partial charge in [0.15, 0.2) is 0 Å². The Morgan fingerprint density at radius 2 is 1.76 bits per heavy atom. The van der Waals surface area contributed by atoms with Gasteiger partial charge in [0.2, 0.25) is 0 Å². The largest absolute Gasteiger partial charge is 0.466 e. The smallest absolute Gasteiger partial charge is 0.355 e. The fourth-order valence-corrected chi connectivity index (χ4v) is 3.32. The minimum atomic E-state index is -0.645. The molecule has 29 heavy (non-hydrogen) atoms. The lowest BCUT2D eigenvalue weighted by Gasteiger charge is -2.32. The Morgan fingerprint density at radius 1 is 1.03 bits per heavy atom. The Hall–Kier alpha value is -3.65. The Labute approximate surface area is 166 Å². The number of rotatable bonds is 4. The molecule has 0 aliphatic carbocycles. The van der Waals surface area contributed by atoms with E-state index < -0.39 is 11.9 Å². The number of hydrogen-bond acceptors (Lipinski definition) is 7. The average Bonchev–Trinajstić information content (AvgIpc) is 3.21. The van der Waals surface area contributed by atoms with Crippen molar-refractivity contribution in [3.8, 4) is 11.4 Å². The molecule has 1 aliphatic heterocycles. The standard InChI is InChI=1S/C21H19N3O5/c1-27-20(25)14-11-29-12-24(18(14)21(26)28-2)17-10-6-3-7-13(17)19-22-15-8-4-5-9-16(15)23-19/h3-10H,11-12H2,1-2H3,(H,22,23). The van der Waals surface area contributed by atoms with Gasteiger partial charge >= 0.3 is 11.9 Å². The molecule has 0 bridgehead atoms. The van der Waals surface area contributed by atoms with Gasteiger partial charge in [0, 0.05) is 5.56 Å². The Bertz CT molecular complexity index is 1090. The van der Waals surface area contributed by atoms with E-state index >= 15 is 0 Å². The van der Waals surface area contributed by atoms with Crippen LogP contribution >= 0.6 is 0 Å². The lowest BCUT2D eigenvalue weighted by Crippen LogP contribution is -2.39. The maximum atomic E-state index is 12.6. The molecule has 0 saturated carbocycles. The van der Waals surface area contributed by atoms with E-state index in [2.05, 4.69) is 9.97 Å². The number of esters is 2. The van der Waals surface area contributed by atoms with E-state index in [4.69, 9.17) is 14.2 Å². The zero-order chi connectivity index (χ0) is 20.4. The van der Waals surface area contributed by atoms with Crippen molar-refractivity contribution in [2.24, 2.45) is 0 Å². The number of H-pyrrole nitrogens is 1. The van der Waals surface area contributed by atoms with Gasteiger partial charge in [0.05, 0.1) is 43.1 Å². The Kier molecular flexibility index (Phi) is 5.01. The van der Waals surface area contributed by atoms with E-state index in [1.807, 2.05) is 48.5 Å². The van der Waals surface area contributed by atoms with Gasteiger partial charge < -0.3 is 24.1 Å². The number of nitrogens with one attached hydrogen (secondary N) is 1. The first-order chi connectivity index (χ1) is 14.1. The molecular weight excluding hydrogens is 374 g/mol. The average molecular weight is 393 g/mol. The van der Waals surface area contributed by atoms with Gasteiger partial charge in [-0.2, -0.15) is 0 Å². The van der Waals surface area contributed by atoms with E-state index in [0.717, 1.165) is 16.6 Å². The van der Waals surface area contributed by atoms with Crippen LogP contribution in [-0.4, -0.2) is 49.5 Å². The van der Waals surface area contributed by atoms with Crippen LogP contribution < -0.4 is 4.90 Å². The maximum absolute atomic E-state index is 12.6. The summed E-state index contributed by atoms with van der Waals surface area (Å²) in [5, 5.41) is 0. The predicted molar refractivity (Wildman–Crippen MR) is 106 cm³/mol. The van der Waals surface area contributed by atoms with Gasteiger partial charge in [-0.05, 0) is 24.3 Å². The van der Waals surface area contributed by atoms with Crippen molar-refractivity contribution in [1.29, 1.82) is 0 Å². The molecule has 0 saturated heterocycles.